The highest BCUT2D eigenvalue weighted by Crippen LogP contribution is 2.32. The number of hydrogen-bond acceptors (Lipinski definition) is 5. The van der Waals surface area contributed by atoms with Crippen LogP contribution >= 0.6 is 11.3 Å². The summed E-state index contributed by atoms with van der Waals surface area (Å²) < 4.78 is 0. The van der Waals surface area contributed by atoms with E-state index >= 15 is 0 Å². The van der Waals surface area contributed by atoms with E-state index in [1.807, 2.05) is 0 Å². The summed E-state index contributed by atoms with van der Waals surface area (Å²) in [6, 6.07) is 2.07. The number of aromatic nitrogens is 1. The van der Waals surface area contributed by atoms with E-state index in [1.54, 1.807) is 11.3 Å². The molecule has 4 heterocycles. The van der Waals surface area contributed by atoms with E-state index in [0.29, 0.717) is 12.0 Å². The van der Waals surface area contributed by atoms with Gasteiger partial charge < -0.3 is 15.5 Å². The van der Waals surface area contributed by atoms with E-state index in [4.69, 9.17) is 4.99 Å². The molecule has 1 aromatic rings. The summed E-state index contributed by atoms with van der Waals surface area (Å²) in [6.45, 7) is 9.46. The largest absolute Gasteiger partial charge is 0.357 e. The van der Waals surface area contributed by atoms with E-state index in [9.17, 15) is 0 Å². The van der Waals surface area contributed by atoms with Gasteiger partial charge in [-0.3, -0.25) is 9.89 Å². The molecule has 2 atom stereocenters. The fourth-order valence-electron chi connectivity index (χ4n) is 5.50. The van der Waals surface area contributed by atoms with E-state index in [0.717, 1.165) is 37.7 Å². The zero-order valence-electron chi connectivity index (χ0n) is 19.1. The Balaban J connectivity index is 1.24. The molecule has 2 N–H and O–H groups in total. The lowest BCUT2D eigenvalue weighted by molar-refractivity contribution is 0.0526. The summed E-state index contributed by atoms with van der Waals surface area (Å²) in [7, 11) is 2.33. The summed E-state index contributed by atoms with van der Waals surface area (Å²) in [6.07, 6.45) is 9.11. The summed E-state index contributed by atoms with van der Waals surface area (Å²) in [5.41, 5.74) is 1.23. The second kappa shape index (κ2) is 10.4. The second-order valence-corrected chi connectivity index (χ2v) is 10.6. The van der Waals surface area contributed by atoms with E-state index in [2.05, 4.69) is 51.7 Å². The van der Waals surface area contributed by atoms with Crippen LogP contribution in [0, 0.1) is 12.8 Å². The molecule has 2 bridgehead atoms. The van der Waals surface area contributed by atoms with Crippen LogP contribution in [-0.4, -0.2) is 72.1 Å². The van der Waals surface area contributed by atoms with Crippen LogP contribution in [0.25, 0.3) is 0 Å². The van der Waals surface area contributed by atoms with Gasteiger partial charge in [-0.05, 0) is 78.4 Å². The third-order valence-electron chi connectivity index (χ3n) is 7.29. The van der Waals surface area contributed by atoms with Crippen molar-refractivity contribution in [3.8, 4) is 0 Å². The van der Waals surface area contributed by atoms with Crippen LogP contribution in [0.3, 0.4) is 0 Å². The van der Waals surface area contributed by atoms with E-state index in [-0.39, 0.29) is 0 Å². The highest BCUT2D eigenvalue weighted by atomic mass is 32.1. The van der Waals surface area contributed by atoms with Crippen LogP contribution in [-0.2, 0) is 6.54 Å². The van der Waals surface area contributed by atoms with Gasteiger partial charge in [-0.25, -0.2) is 4.98 Å². The molecule has 4 rings (SSSR count). The number of rotatable bonds is 6. The number of hydrogen-bond donors (Lipinski definition) is 2. The quantitative estimate of drug-likeness (QED) is 0.534. The molecule has 6 nitrogen and oxygen atoms in total. The number of nitrogens with zero attached hydrogens (tertiary/aromatic N) is 4. The average molecular weight is 433 g/mol. The van der Waals surface area contributed by atoms with E-state index in [1.165, 1.54) is 68.7 Å². The Morgan fingerprint density at radius 2 is 1.93 bits per heavy atom. The third-order valence-corrected chi connectivity index (χ3v) is 8.11. The first-order valence-electron chi connectivity index (χ1n) is 12.0. The van der Waals surface area contributed by atoms with Gasteiger partial charge in [0.1, 0.15) is 0 Å². The predicted octanol–water partition coefficient (Wildman–Crippen LogP) is 3.23. The SMILES string of the molecule is CCNC(=NCC1CCN(Cc2csc(C)n2)CC1)NC1CC2CCCC(C1)N2C. The van der Waals surface area contributed by atoms with Crippen molar-refractivity contribution in [3.63, 3.8) is 0 Å². The molecule has 3 aliphatic heterocycles. The lowest BCUT2D eigenvalue weighted by Crippen LogP contribution is -2.56. The third kappa shape index (κ3) is 5.74. The Morgan fingerprint density at radius 3 is 2.57 bits per heavy atom. The molecule has 2 unspecified atom stereocenters. The van der Waals surface area contributed by atoms with Gasteiger partial charge in [0.2, 0.25) is 0 Å². The van der Waals surface area contributed by atoms with Crippen molar-refractivity contribution in [2.75, 3.05) is 33.2 Å². The minimum atomic E-state index is 0.567. The predicted molar refractivity (Wildman–Crippen MR) is 126 cm³/mol. The molecular weight excluding hydrogens is 392 g/mol. The van der Waals surface area contributed by atoms with Crippen molar-refractivity contribution < 1.29 is 0 Å². The minimum Gasteiger partial charge on any atom is -0.357 e. The second-order valence-electron chi connectivity index (χ2n) is 9.51. The first kappa shape index (κ1) is 22.0. The topological polar surface area (TPSA) is 55.8 Å². The first-order chi connectivity index (χ1) is 14.6. The molecule has 7 heteroatoms. The lowest BCUT2D eigenvalue weighted by atomic mass is 9.82. The van der Waals surface area contributed by atoms with Crippen LogP contribution in [0.2, 0.25) is 0 Å². The van der Waals surface area contributed by atoms with Crippen molar-refractivity contribution in [2.24, 2.45) is 10.9 Å². The monoisotopic (exact) mass is 432 g/mol. The van der Waals surface area contributed by atoms with Gasteiger partial charge >= 0.3 is 0 Å². The summed E-state index contributed by atoms with van der Waals surface area (Å²) >= 11 is 1.76. The zero-order chi connectivity index (χ0) is 20.9. The smallest absolute Gasteiger partial charge is 0.191 e. The van der Waals surface area contributed by atoms with Crippen LogP contribution in [0.1, 0.15) is 62.6 Å². The van der Waals surface area contributed by atoms with Gasteiger partial charge in [0.05, 0.1) is 10.7 Å². The van der Waals surface area contributed by atoms with Gasteiger partial charge in [-0.1, -0.05) is 6.42 Å². The highest BCUT2D eigenvalue weighted by Gasteiger charge is 2.36. The molecule has 0 saturated carbocycles. The standard InChI is InChI=1S/C23H40N6S/c1-4-24-23(27-19-12-21-6-5-7-22(13-19)28(21)3)25-14-18-8-10-29(11-9-18)15-20-16-30-17(2)26-20/h16,18-19,21-22H,4-15H2,1-3H3,(H2,24,25,27). The number of fused-ring (bicyclic) bond motifs is 2. The van der Waals surface area contributed by atoms with E-state index < -0.39 is 0 Å². The molecular formula is C23H40N6S. The molecule has 0 spiro atoms. The molecule has 0 aliphatic carbocycles. The number of piperidine rings is 3. The molecule has 30 heavy (non-hydrogen) atoms. The van der Waals surface area contributed by atoms with Gasteiger partial charge in [0.25, 0.3) is 0 Å². The molecule has 3 aliphatic rings. The van der Waals surface area contributed by atoms with Crippen molar-refractivity contribution in [3.05, 3.63) is 16.1 Å². The molecule has 3 saturated heterocycles. The number of guanidine groups is 1. The molecule has 168 valence electrons. The Hall–Kier alpha value is -1.18. The summed E-state index contributed by atoms with van der Waals surface area (Å²) in [4.78, 5) is 14.8. The van der Waals surface area contributed by atoms with Crippen LogP contribution < -0.4 is 10.6 Å². The molecule has 0 amide bonds. The van der Waals surface area contributed by atoms with Crippen molar-refractivity contribution in [2.45, 2.75) is 83.5 Å². The Kier molecular flexibility index (Phi) is 7.65. The van der Waals surface area contributed by atoms with Gasteiger partial charge in [-0.15, -0.1) is 11.3 Å². The fraction of sp³-hybridized carbons (Fsp3) is 0.826. The minimum absolute atomic E-state index is 0.567. The molecule has 0 aromatic carbocycles. The average Bonchev–Trinajstić information content (AvgIpc) is 3.13. The number of likely N-dealkylation sites (tertiary alicyclic amines) is 1. The van der Waals surface area contributed by atoms with Crippen molar-refractivity contribution in [1.82, 2.24) is 25.4 Å². The Morgan fingerprint density at radius 1 is 1.20 bits per heavy atom. The molecule has 3 fully saturated rings. The zero-order valence-corrected chi connectivity index (χ0v) is 19.9. The molecule has 0 radical (unpaired) electrons. The summed E-state index contributed by atoms with van der Waals surface area (Å²) in [5, 5.41) is 10.7. The first-order valence-corrected chi connectivity index (χ1v) is 12.9. The normalized spacial score (nSPS) is 29.2. The summed E-state index contributed by atoms with van der Waals surface area (Å²) in [5.74, 6) is 1.73. The molecule has 1 aromatic heterocycles. The maximum absolute atomic E-state index is 5.01. The Labute approximate surface area is 186 Å². The Bertz CT molecular complexity index is 682. The number of nitrogens with one attached hydrogen (secondary N) is 2. The maximum Gasteiger partial charge on any atom is 0.191 e. The van der Waals surface area contributed by atoms with Gasteiger partial charge in [-0.2, -0.15) is 0 Å². The van der Waals surface area contributed by atoms with Crippen LogP contribution in [0.5, 0.6) is 0 Å². The van der Waals surface area contributed by atoms with Crippen LogP contribution in [0.4, 0.5) is 0 Å². The van der Waals surface area contributed by atoms with Crippen molar-refractivity contribution in [1.29, 1.82) is 0 Å². The van der Waals surface area contributed by atoms with Gasteiger partial charge in [0, 0.05) is 43.1 Å². The van der Waals surface area contributed by atoms with Crippen molar-refractivity contribution >= 4 is 17.3 Å². The lowest BCUT2D eigenvalue weighted by Gasteiger charge is -2.47. The number of aliphatic imine (C=N–C) groups is 1. The van der Waals surface area contributed by atoms with Gasteiger partial charge in [0.15, 0.2) is 5.96 Å². The van der Waals surface area contributed by atoms with Crippen LogP contribution in [0.15, 0.2) is 10.4 Å². The number of thiazole rings is 1. The number of aryl methyl sites for hydroxylation is 1. The highest BCUT2D eigenvalue weighted by molar-refractivity contribution is 7.09. The fourth-order valence-corrected chi connectivity index (χ4v) is 6.11. The maximum atomic E-state index is 5.01.